The minimum absolute atomic E-state index is 0.00998. The van der Waals surface area contributed by atoms with Crippen LogP contribution in [0.4, 0.5) is 5.69 Å². The first kappa shape index (κ1) is 23.1. The van der Waals surface area contributed by atoms with Crippen molar-refractivity contribution < 1.29 is 18.0 Å². The molecule has 2 aromatic rings. The third kappa shape index (κ3) is 4.61. The van der Waals surface area contributed by atoms with Crippen LogP contribution in [0.3, 0.4) is 0 Å². The van der Waals surface area contributed by atoms with Crippen molar-refractivity contribution in [1.29, 1.82) is 0 Å². The van der Waals surface area contributed by atoms with E-state index in [2.05, 4.69) is 22.8 Å². The maximum atomic E-state index is 13.5. The lowest BCUT2D eigenvalue weighted by molar-refractivity contribution is -0.127. The van der Waals surface area contributed by atoms with Crippen LogP contribution in [0.1, 0.15) is 61.3 Å². The van der Waals surface area contributed by atoms with Gasteiger partial charge >= 0.3 is 0 Å². The fourth-order valence-corrected chi connectivity index (χ4v) is 7.00. The van der Waals surface area contributed by atoms with Crippen LogP contribution in [0.5, 0.6) is 0 Å². The number of amides is 2. The first-order valence-electron chi connectivity index (χ1n) is 12.2. The Hall–Kier alpha value is -2.71. The molecule has 0 bridgehead atoms. The lowest BCUT2D eigenvalue weighted by atomic mass is 9.87. The van der Waals surface area contributed by atoms with Gasteiger partial charge in [0, 0.05) is 25.2 Å². The van der Waals surface area contributed by atoms with Crippen LogP contribution >= 0.6 is 0 Å². The SMILES string of the molecule is O=C1CCCc2cc(S(=O)(=O)N3CCC[C@H](C(=O)N[C@H]4CCCc5ccccc54)C3)ccc2N1. The summed E-state index contributed by atoms with van der Waals surface area (Å²) in [5.74, 6) is -0.469. The molecule has 0 aromatic heterocycles. The number of fused-ring (bicyclic) bond motifs is 2. The molecule has 1 saturated heterocycles. The van der Waals surface area contributed by atoms with Crippen LogP contribution in [0.2, 0.25) is 0 Å². The number of aryl methyl sites for hydroxylation is 2. The first-order valence-corrected chi connectivity index (χ1v) is 13.7. The molecular formula is C26H31N3O4S. The van der Waals surface area contributed by atoms with Gasteiger partial charge < -0.3 is 10.6 Å². The quantitative estimate of drug-likeness (QED) is 0.698. The molecule has 8 heteroatoms. The van der Waals surface area contributed by atoms with Crippen LogP contribution in [0, 0.1) is 5.92 Å². The van der Waals surface area contributed by atoms with Gasteiger partial charge in [-0.15, -0.1) is 0 Å². The van der Waals surface area contributed by atoms with Crippen molar-refractivity contribution in [2.45, 2.75) is 62.3 Å². The number of hydrogen-bond acceptors (Lipinski definition) is 4. The fourth-order valence-electron chi connectivity index (χ4n) is 5.43. The van der Waals surface area contributed by atoms with E-state index in [1.807, 2.05) is 12.1 Å². The van der Waals surface area contributed by atoms with Crippen molar-refractivity contribution in [3.8, 4) is 0 Å². The lowest BCUT2D eigenvalue weighted by Gasteiger charge is -2.33. The summed E-state index contributed by atoms with van der Waals surface area (Å²) in [6.45, 7) is 0.600. The molecule has 1 aliphatic carbocycles. The molecule has 2 aliphatic heterocycles. The number of anilines is 1. The smallest absolute Gasteiger partial charge is 0.243 e. The van der Waals surface area contributed by atoms with E-state index in [0.29, 0.717) is 44.3 Å². The van der Waals surface area contributed by atoms with E-state index in [-0.39, 0.29) is 35.2 Å². The van der Waals surface area contributed by atoms with E-state index in [4.69, 9.17) is 0 Å². The van der Waals surface area contributed by atoms with Crippen LogP contribution in [0.15, 0.2) is 47.4 Å². The summed E-state index contributed by atoms with van der Waals surface area (Å²) in [6, 6.07) is 13.1. The molecule has 2 atom stereocenters. The molecule has 34 heavy (non-hydrogen) atoms. The Balaban J connectivity index is 1.30. The van der Waals surface area contributed by atoms with Gasteiger partial charge in [0.2, 0.25) is 21.8 Å². The highest BCUT2D eigenvalue weighted by atomic mass is 32.2. The molecule has 2 N–H and O–H groups in total. The van der Waals surface area contributed by atoms with Gasteiger partial charge in [-0.3, -0.25) is 9.59 Å². The number of hydrogen-bond donors (Lipinski definition) is 2. The number of carbonyl (C=O) groups excluding carboxylic acids is 2. The van der Waals surface area contributed by atoms with E-state index in [1.165, 1.54) is 15.4 Å². The normalized spacial score (nSPS) is 23.2. The third-order valence-corrected chi connectivity index (χ3v) is 9.14. The molecule has 2 amide bonds. The Labute approximate surface area is 201 Å². The fraction of sp³-hybridized carbons (Fsp3) is 0.462. The van der Waals surface area contributed by atoms with Gasteiger partial charge in [0.15, 0.2) is 0 Å². The van der Waals surface area contributed by atoms with Gasteiger partial charge in [-0.1, -0.05) is 24.3 Å². The second kappa shape index (κ2) is 9.50. The van der Waals surface area contributed by atoms with Crippen molar-refractivity contribution in [3.63, 3.8) is 0 Å². The number of rotatable bonds is 4. The summed E-state index contributed by atoms with van der Waals surface area (Å²) >= 11 is 0. The highest BCUT2D eigenvalue weighted by molar-refractivity contribution is 7.89. The van der Waals surface area contributed by atoms with Gasteiger partial charge in [0.25, 0.3) is 0 Å². The molecule has 1 fully saturated rings. The molecular weight excluding hydrogens is 450 g/mol. The van der Waals surface area contributed by atoms with E-state index in [9.17, 15) is 18.0 Å². The van der Waals surface area contributed by atoms with E-state index in [1.54, 1.807) is 18.2 Å². The van der Waals surface area contributed by atoms with Crippen LogP contribution in [-0.4, -0.2) is 37.6 Å². The molecule has 7 nitrogen and oxygen atoms in total. The Bertz CT molecular complexity index is 1210. The zero-order valence-corrected chi connectivity index (χ0v) is 20.1. The maximum Gasteiger partial charge on any atom is 0.243 e. The molecule has 180 valence electrons. The molecule has 0 saturated carbocycles. The zero-order chi connectivity index (χ0) is 23.7. The minimum Gasteiger partial charge on any atom is -0.349 e. The van der Waals surface area contributed by atoms with E-state index >= 15 is 0 Å². The van der Waals surface area contributed by atoms with E-state index in [0.717, 1.165) is 24.8 Å². The topological polar surface area (TPSA) is 95.6 Å². The second-order valence-electron chi connectivity index (χ2n) is 9.58. The number of benzene rings is 2. The number of sulfonamides is 1. The zero-order valence-electron chi connectivity index (χ0n) is 19.3. The average molecular weight is 482 g/mol. The summed E-state index contributed by atoms with van der Waals surface area (Å²) in [6.07, 6.45) is 6.09. The highest BCUT2D eigenvalue weighted by Gasteiger charge is 2.35. The molecule has 2 aromatic carbocycles. The van der Waals surface area contributed by atoms with Crippen molar-refractivity contribution in [2.75, 3.05) is 18.4 Å². The predicted molar refractivity (Wildman–Crippen MR) is 130 cm³/mol. The standard InChI is InChI=1S/C26H31N3O4S/c30-25-12-4-8-19-16-21(13-14-23(19)27-25)34(32,33)29-15-5-9-20(17-29)26(31)28-24-11-3-7-18-6-1-2-10-22(18)24/h1-2,6,10,13-14,16,20,24H,3-5,7-9,11-12,15,17H2,(H,27,30)(H,28,31)/t20-,24-/m0/s1. The largest absolute Gasteiger partial charge is 0.349 e. The Morgan fingerprint density at radius 2 is 1.79 bits per heavy atom. The Morgan fingerprint density at radius 3 is 2.68 bits per heavy atom. The van der Waals surface area contributed by atoms with Crippen molar-refractivity contribution in [2.24, 2.45) is 5.92 Å². The number of nitrogens with zero attached hydrogens (tertiary/aromatic N) is 1. The summed E-state index contributed by atoms with van der Waals surface area (Å²) in [4.78, 5) is 25.2. The van der Waals surface area contributed by atoms with Crippen LogP contribution in [-0.2, 0) is 32.5 Å². The Kier molecular flexibility index (Phi) is 6.44. The van der Waals surface area contributed by atoms with Gasteiger partial charge in [-0.05, 0) is 79.8 Å². The Morgan fingerprint density at radius 1 is 0.971 bits per heavy atom. The first-order chi connectivity index (χ1) is 16.4. The highest BCUT2D eigenvalue weighted by Crippen LogP contribution is 2.32. The van der Waals surface area contributed by atoms with Gasteiger partial charge in [0.05, 0.1) is 16.9 Å². The lowest BCUT2D eigenvalue weighted by Crippen LogP contribution is -2.46. The van der Waals surface area contributed by atoms with Crippen molar-refractivity contribution >= 4 is 27.5 Å². The maximum absolute atomic E-state index is 13.5. The van der Waals surface area contributed by atoms with Gasteiger partial charge in [-0.2, -0.15) is 4.31 Å². The van der Waals surface area contributed by atoms with E-state index < -0.39 is 10.0 Å². The molecule has 0 radical (unpaired) electrons. The number of piperidine rings is 1. The minimum atomic E-state index is -3.73. The van der Waals surface area contributed by atoms with Crippen LogP contribution < -0.4 is 10.6 Å². The molecule has 3 aliphatic rings. The number of nitrogens with one attached hydrogen (secondary N) is 2. The predicted octanol–water partition coefficient (Wildman–Crippen LogP) is 3.56. The summed E-state index contributed by atoms with van der Waals surface area (Å²) in [5.41, 5.74) is 3.99. The van der Waals surface area contributed by atoms with Gasteiger partial charge in [-0.25, -0.2) is 8.42 Å². The molecule has 5 rings (SSSR count). The molecule has 0 spiro atoms. The third-order valence-electron chi connectivity index (χ3n) is 7.28. The summed E-state index contributed by atoms with van der Waals surface area (Å²) < 4.78 is 28.4. The number of carbonyl (C=O) groups is 2. The monoisotopic (exact) mass is 481 g/mol. The average Bonchev–Trinajstić information content (AvgIpc) is 3.04. The van der Waals surface area contributed by atoms with Gasteiger partial charge in [0.1, 0.15) is 0 Å². The van der Waals surface area contributed by atoms with Crippen LogP contribution in [0.25, 0.3) is 0 Å². The molecule has 2 heterocycles. The molecule has 0 unspecified atom stereocenters. The van der Waals surface area contributed by atoms with Crippen molar-refractivity contribution in [3.05, 3.63) is 59.2 Å². The summed E-state index contributed by atoms with van der Waals surface area (Å²) in [7, 11) is -3.73. The summed E-state index contributed by atoms with van der Waals surface area (Å²) in [5, 5.41) is 6.06. The van der Waals surface area contributed by atoms with Crippen molar-refractivity contribution in [1.82, 2.24) is 9.62 Å². The second-order valence-corrected chi connectivity index (χ2v) is 11.5.